The summed E-state index contributed by atoms with van der Waals surface area (Å²) in [5.41, 5.74) is 8.53. The number of aromatic nitrogens is 5. The van der Waals surface area contributed by atoms with Gasteiger partial charge in [-0.3, -0.25) is 5.10 Å². The van der Waals surface area contributed by atoms with Crippen LogP contribution in [0.15, 0.2) is 18.6 Å². The molecule has 6 nitrogen and oxygen atoms in total. The molecule has 3 aromatic rings. The van der Waals surface area contributed by atoms with E-state index >= 15 is 0 Å². The number of nitrogen functional groups attached to an aromatic ring is 1. The van der Waals surface area contributed by atoms with Crippen LogP contribution in [-0.4, -0.2) is 25.1 Å². The van der Waals surface area contributed by atoms with Gasteiger partial charge in [-0.1, -0.05) is 0 Å². The summed E-state index contributed by atoms with van der Waals surface area (Å²) >= 11 is 0. The second-order valence-corrected chi connectivity index (χ2v) is 3.61. The van der Waals surface area contributed by atoms with Crippen molar-refractivity contribution in [2.45, 2.75) is 6.92 Å². The summed E-state index contributed by atoms with van der Waals surface area (Å²) in [6.45, 7) is 1.97. The average molecular weight is 214 g/mol. The fraction of sp³-hybridized carbons (Fsp3) is 0.100. The lowest BCUT2D eigenvalue weighted by Gasteiger charge is -2.00. The number of fused-ring (bicyclic) bond motifs is 1. The van der Waals surface area contributed by atoms with E-state index in [1.165, 1.54) is 0 Å². The van der Waals surface area contributed by atoms with Crippen LogP contribution in [0.1, 0.15) is 5.56 Å². The lowest BCUT2D eigenvalue weighted by molar-refractivity contribution is 1.09. The van der Waals surface area contributed by atoms with Gasteiger partial charge < -0.3 is 10.7 Å². The molecule has 4 N–H and O–H groups in total. The molecule has 0 saturated heterocycles. The van der Waals surface area contributed by atoms with Gasteiger partial charge in [-0.2, -0.15) is 5.10 Å². The lowest BCUT2D eigenvalue weighted by Crippen LogP contribution is -1.96. The summed E-state index contributed by atoms with van der Waals surface area (Å²) in [4.78, 5) is 11.7. The third-order valence-electron chi connectivity index (χ3n) is 2.51. The molecule has 0 unspecified atom stereocenters. The topological polar surface area (TPSA) is 96.3 Å². The van der Waals surface area contributed by atoms with Crippen LogP contribution in [0.2, 0.25) is 0 Å². The zero-order chi connectivity index (χ0) is 11.1. The molecule has 0 amide bonds. The Bertz CT molecular complexity index is 637. The Morgan fingerprint density at radius 3 is 2.88 bits per heavy atom. The highest BCUT2D eigenvalue weighted by Gasteiger charge is 2.10. The molecule has 6 heteroatoms. The second-order valence-electron chi connectivity index (χ2n) is 3.61. The summed E-state index contributed by atoms with van der Waals surface area (Å²) in [7, 11) is 0. The molecule has 0 saturated carbocycles. The van der Waals surface area contributed by atoms with Gasteiger partial charge in [0.05, 0.1) is 17.1 Å². The Kier molecular flexibility index (Phi) is 1.70. The van der Waals surface area contributed by atoms with Crippen LogP contribution >= 0.6 is 0 Å². The largest absolute Gasteiger partial charge is 0.383 e. The summed E-state index contributed by atoms with van der Waals surface area (Å²) in [5, 5.41) is 7.46. The number of aryl methyl sites for hydroxylation is 1. The first-order valence-electron chi connectivity index (χ1n) is 4.86. The zero-order valence-electron chi connectivity index (χ0n) is 8.65. The Hall–Kier alpha value is -2.37. The molecule has 0 bridgehead atoms. The Balaban J connectivity index is 2.30. The van der Waals surface area contributed by atoms with Gasteiger partial charge in [0.2, 0.25) is 0 Å². The number of nitrogens with one attached hydrogen (secondary N) is 2. The Labute approximate surface area is 90.9 Å². The van der Waals surface area contributed by atoms with E-state index in [2.05, 4.69) is 25.1 Å². The van der Waals surface area contributed by atoms with Gasteiger partial charge in [0.25, 0.3) is 0 Å². The maximum atomic E-state index is 5.91. The molecule has 3 aromatic heterocycles. The molecule has 16 heavy (non-hydrogen) atoms. The Morgan fingerprint density at radius 1 is 1.25 bits per heavy atom. The maximum Gasteiger partial charge on any atom is 0.167 e. The number of anilines is 1. The molecule has 0 aliphatic heterocycles. The summed E-state index contributed by atoms with van der Waals surface area (Å²) in [6, 6.07) is 0. The van der Waals surface area contributed by atoms with Crippen LogP contribution in [-0.2, 0) is 0 Å². The van der Waals surface area contributed by atoms with Crippen molar-refractivity contribution in [1.82, 2.24) is 25.1 Å². The van der Waals surface area contributed by atoms with Crippen molar-refractivity contribution in [3.05, 3.63) is 24.2 Å². The molecule has 80 valence electrons. The monoisotopic (exact) mass is 214 g/mol. The number of nitrogens with two attached hydrogens (primary N) is 1. The summed E-state index contributed by atoms with van der Waals surface area (Å²) < 4.78 is 0. The summed E-state index contributed by atoms with van der Waals surface area (Å²) in [5.74, 6) is 1.06. The first kappa shape index (κ1) is 8.90. The minimum Gasteiger partial charge on any atom is -0.383 e. The van der Waals surface area contributed by atoms with Crippen molar-refractivity contribution in [3.8, 4) is 11.4 Å². The predicted molar refractivity (Wildman–Crippen MR) is 60.6 cm³/mol. The van der Waals surface area contributed by atoms with E-state index in [0.717, 1.165) is 22.2 Å². The molecule has 0 spiro atoms. The number of aromatic amines is 2. The van der Waals surface area contributed by atoms with Gasteiger partial charge in [-0.15, -0.1) is 0 Å². The van der Waals surface area contributed by atoms with Crippen molar-refractivity contribution in [1.29, 1.82) is 0 Å². The van der Waals surface area contributed by atoms with E-state index in [0.29, 0.717) is 11.6 Å². The molecule has 0 aliphatic rings. The SMILES string of the molecule is Cc1c[nH]c2nc(-c3cn[nH]c3)nc(N)c12. The van der Waals surface area contributed by atoms with Crippen molar-refractivity contribution < 1.29 is 0 Å². The van der Waals surface area contributed by atoms with Crippen LogP contribution < -0.4 is 5.73 Å². The van der Waals surface area contributed by atoms with Crippen molar-refractivity contribution in [2.24, 2.45) is 0 Å². The maximum absolute atomic E-state index is 5.91. The van der Waals surface area contributed by atoms with Gasteiger partial charge in [0.1, 0.15) is 11.5 Å². The highest BCUT2D eigenvalue weighted by molar-refractivity contribution is 5.90. The number of H-pyrrole nitrogens is 2. The number of hydrogen-bond acceptors (Lipinski definition) is 4. The van der Waals surface area contributed by atoms with E-state index in [1.807, 2.05) is 13.1 Å². The fourth-order valence-corrected chi connectivity index (χ4v) is 1.72. The second kappa shape index (κ2) is 3.06. The zero-order valence-corrected chi connectivity index (χ0v) is 8.65. The number of nitrogens with zero attached hydrogens (tertiary/aromatic N) is 3. The molecular weight excluding hydrogens is 204 g/mol. The van der Waals surface area contributed by atoms with E-state index in [1.54, 1.807) is 12.4 Å². The molecule has 3 heterocycles. The minimum atomic E-state index is 0.486. The third kappa shape index (κ3) is 1.16. The third-order valence-corrected chi connectivity index (χ3v) is 2.51. The first-order chi connectivity index (χ1) is 7.75. The summed E-state index contributed by atoms with van der Waals surface area (Å²) in [6.07, 6.45) is 5.27. The van der Waals surface area contributed by atoms with Crippen molar-refractivity contribution in [3.63, 3.8) is 0 Å². The number of hydrogen-bond donors (Lipinski definition) is 3. The lowest BCUT2D eigenvalue weighted by atomic mass is 10.2. The highest BCUT2D eigenvalue weighted by Crippen LogP contribution is 2.24. The van der Waals surface area contributed by atoms with Gasteiger partial charge in [-0.05, 0) is 12.5 Å². The van der Waals surface area contributed by atoms with Crippen LogP contribution in [0.5, 0.6) is 0 Å². The van der Waals surface area contributed by atoms with Gasteiger partial charge in [0, 0.05) is 12.4 Å². The van der Waals surface area contributed by atoms with Gasteiger partial charge in [-0.25, -0.2) is 9.97 Å². The molecule has 3 rings (SSSR count). The van der Waals surface area contributed by atoms with E-state index < -0.39 is 0 Å². The first-order valence-corrected chi connectivity index (χ1v) is 4.86. The highest BCUT2D eigenvalue weighted by atomic mass is 15.1. The Morgan fingerprint density at radius 2 is 2.12 bits per heavy atom. The normalized spacial score (nSPS) is 11.1. The van der Waals surface area contributed by atoms with Crippen molar-refractivity contribution in [2.75, 3.05) is 5.73 Å². The van der Waals surface area contributed by atoms with Gasteiger partial charge in [0.15, 0.2) is 5.82 Å². The van der Waals surface area contributed by atoms with Gasteiger partial charge >= 0.3 is 0 Å². The molecule has 0 aliphatic carbocycles. The van der Waals surface area contributed by atoms with E-state index in [9.17, 15) is 0 Å². The molecule has 0 radical (unpaired) electrons. The molecular formula is C10H10N6. The molecule has 0 fully saturated rings. The van der Waals surface area contributed by atoms with E-state index in [-0.39, 0.29) is 0 Å². The standard InChI is InChI=1S/C10H10N6/c1-5-2-12-10-7(5)8(11)15-9(16-10)6-3-13-14-4-6/h2-4H,1H3,(H,13,14)(H3,11,12,15,16). The predicted octanol–water partition coefficient (Wildman–Crippen LogP) is 1.24. The average Bonchev–Trinajstić information content (AvgIpc) is 2.87. The van der Waals surface area contributed by atoms with Crippen molar-refractivity contribution >= 4 is 16.9 Å². The minimum absolute atomic E-state index is 0.486. The van der Waals surface area contributed by atoms with Crippen LogP contribution in [0.4, 0.5) is 5.82 Å². The number of rotatable bonds is 1. The molecule has 0 atom stereocenters. The quantitative estimate of drug-likeness (QED) is 0.567. The van der Waals surface area contributed by atoms with Crippen LogP contribution in [0.25, 0.3) is 22.4 Å². The van der Waals surface area contributed by atoms with Crippen LogP contribution in [0.3, 0.4) is 0 Å². The smallest absolute Gasteiger partial charge is 0.167 e. The van der Waals surface area contributed by atoms with E-state index in [4.69, 9.17) is 5.73 Å². The van der Waals surface area contributed by atoms with Crippen LogP contribution in [0, 0.1) is 6.92 Å². The molecule has 0 aromatic carbocycles. The fourth-order valence-electron chi connectivity index (χ4n) is 1.72.